The van der Waals surface area contributed by atoms with Gasteiger partial charge in [-0.25, -0.2) is 0 Å². The van der Waals surface area contributed by atoms with Gasteiger partial charge in [-0.1, -0.05) is 20.8 Å². The molecular weight excluding hydrogens is 309 g/mol. The number of quaternary nitrogens is 1. The summed E-state index contributed by atoms with van der Waals surface area (Å²) in [7, 11) is 0. The van der Waals surface area contributed by atoms with Crippen molar-refractivity contribution in [2.45, 2.75) is 47.5 Å². The number of likely N-dealkylation sites (tertiary alicyclic amines) is 1. The fourth-order valence-corrected chi connectivity index (χ4v) is 4.25. The molecule has 0 radical (unpaired) electrons. The number of hydrogen-bond donors (Lipinski definition) is 0. The van der Waals surface area contributed by atoms with E-state index in [-0.39, 0.29) is 24.0 Å². The second-order valence-electron chi connectivity index (χ2n) is 6.83. The summed E-state index contributed by atoms with van der Waals surface area (Å²) in [5.41, 5.74) is 1.18. The van der Waals surface area contributed by atoms with Crippen LogP contribution in [0.3, 0.4) is 0 Å². The highest BCUT2D eigenvalue weighted by Crippen LogP contribution is 2.60. The molecular formula is C14H28IN. The van der Waals surface area contributed by atoms with Gasteiger partial charge in [-0.15, -0.1) is 0 Å². The third kappa shape index (κ3) is 1.84. The Bertz CT molecular complexity index is 257. The van der Waals surface area contributed by atoms with Gasteiger partial charge < -0.3 is 28.5 Å². The third-order valence-corrected chi connectivity index (χ3v) is 6.25. The van der Waals surface area contributed by atoms with Gasteiger partial charge in [-0.3, -0.25) is 0 Å². The average Bonchev–Trinajstić information content (AvgIpc) is 2.39. The van der Waals surface area contributed by atoms with Crippen LogP contribution in [0.25, 0.3) is 0 Å². The molecule has 16 heavy (non-hydrogen) atoms. The van der Waals surface area contributed by atoms with E-state index in [9.17, 15) is 0 Å². The van der Waals surface area contributed by atoms with Crippen molar-refractivity contribution in [1.29, 1.82) is 0 Å². The van der Waals surface area contributed by atoms with E-state index >= 15 is 0 Å². The second-order valence-corrected chi connectivity index (χ2v) is 6.83. The molecule has 2 heteroatoms. The Labute approximate surface area is 119 Å². The lowest BCUT2D eigenvalue weighted by molar-refractivity contribution is -0.940. The first-order valence-corrected chi connectivity index (χ1v) is 6.74. The van der Waals surface area contributed by atoms with Gasteiger partial charge in [0.15, 0.2) is 0 Å². The predicted octanol–water partition coefficient (Wildman–Crippen LogP) is 0.303. The van der Waals surface area contributed by atoms with Crippen molar-refractivity contribution in [2.24, 2.45) is 16.7 Å². The molecule has 2 unspecified atom stereocenters. The molecule has 0 amide bonds. The quantitative estimate of drug-likeness (QED) is 0.502. The molecule has 1 aliphatic heterocycles. The molecule has 1 saturated carbocycles. The van der Waals surface area contributed by atoms with Crippen LogP contribution in [0.15, 0.2) is 0 Å². The molecule has 96 valence electrons. The zero-order chi connectivity index (χ0) is 11.3. The van der Waals surface area contributed by atoms with Crippen LogP contribution >= 0.6 is 0 Å². The summed E-state index contributed by atoms with van der Waals surface area (Å²) in [6, 6.07) is 0. The molecule has 1 heterocycles. The summed E-state index contributed by atoms with van der Waals surface area (Å²) in [6.45, 7) is 17.9. The molecule has 1 nitrogen and oxygen atoms in total. The summed E-state index contributed by atoms with van der Waals surface area (Å²) in [5.74, 6) is 0.969. The minimum Gasteiger partial charge on any atom is -1.00 e. The lowest BCUT2D eigenvalue weighted by Gasteiger charge is -2.55. The molecule has 2 fully saturated rings. The fraction of sp³-hybridized carbons (Fsp3) is 1.00. The highest BCUT2D eigenvalue weighted by Gasteiger charge is 2.60. The molecule has 0 N–H and O–H groups in total. The van der Waals surface area contributed by atoms with E-state index in [2.05, 4.69) is 34.6 Å². The number of halogens is 1. The van der Waals surface area contributed by atoms with Gasteiger partial charge in [0.2, 0.25) is 0 Å². The second kappa shape index (κ2) is 4.42. The summed E-state index contributed by atoms with van der Waals surface area (Å²) in [5, 5.41) is 0. The Morgan fingerprint density at radius 3 is 2.12 bits per heavy atom. The number of fused-ring (bicyclic) bond motifs is 2. The highest BCUT2D eigenvalue weighted by atomic mass is 127. The average molecular weight is 337 g/mol. The number of nitrogens with zero attached hydrogens (tertiary/aromatic N) is 1. The Balaban J connectivity index is 0.00000128. The molecule has 0 aromatic carbocycles. The lowest BCUT2D eigenvalue weighted by Crippen LogP contribution is -3.00. The normalized spacial score (nSPS) is 39.2. The van der Waals surface area contributed by atoms with E-state index in [0.717, 1.165) is 5.92 Å². The summed E-state index contributed by atoms with van der Waals surface area (Å²) >= 11 is 0. The van der Waals surface area contributed by atoms with Crippen LogP contribution in [0.4, 0.5) is 0 Å². The minimum absolute atomic E-state index is 0. The topological polar surface area (TPSA) is 0 Å². The van der Waals surface area contributed by atoms with E-state index in [4.69, 9.17) is 0 Å². The van der Waals surface area contributed by atoms with E-state index in [1.54, 1.807) is 0 Å². The van der Waals surface area contributed by atoms with Gasteiger partial charge in [0.1, 0.15) is 0 Å². The minimum atomic E-state index is 0. The Morgan fingerprint density at radius 2 is 1.69 bits per heavy atom. The molecule has 2 bridgehead atoms. The van der Waals surface area contributed by atoms with Crippen molar-refractivity contribution in [2.75, 3.05) is 26.2 Å². The van der Waals surface area contributed by atoms with E-state index in [1.807, 2.05) is 0 Å². The molecule has 2 aliphatic rings. The van der Waals surface area contributed by atoms with Gasteiger partial charge in [-0.05, 0) is 32.1 Å². The first-order valence-electron chi connectivity index (χ1n) is 6.74. The molecule has 2 rings (SSSR count). The Morgan fingerprint density at radius 1 is 1.12 bits per heavy atom. The standard InChI is InChI=1S/C14H28N.HI/c1-6-15(7-2)10-12-8-9-14(5,11-15)13(12,3)4;/h12H,6-11H2,1-5H3;1H/q+1;/p-1. The first-order chi connectivity index (χ1) is 6.89. The fourth-order valence-electron chi connectivity index (χ4n) is 4.25. The maximum Gasteiger partial charge on any atom is 0.0846 e. The smallest absolute Gasteiger partial charge is 0.0846 e. The number of piperidine rings is 1. The zero-order valence-electron chi connectivity index (χ0n) is 11.6. The highest BCUT2D eigenvalue weighted by molar-refractivity contribution is 5.02. The molecule has 0 aromatic rings. The number of hydrogen-bond acceptors (Lipinski definition) is 0. The van der Waals surface area contributed by atoms with Crippen molar-refractivity contribution < 1.29 is 28.5 Å². The van der Waals surface area contributed by atoms with Crippen LogP contribution in [-0.4, -0.2) is 30.7 Å². The van der Waals surface area contributed by atoms with Crippen LogP contribution in [0.1, 0.15) is 47.5 Å². The van der Waals surface area contributed by atoms with Crippen molar-refractivity contribution in [3.05, 3.63) is 0 Å². The Hall–Kier alpha value is 0.690. The maximum atomic E-state index is 2.55. The van der Waals surface area contributed by atoms with E-state index in [0.29, 0.717) is 10.8 Å². The zero-order valence-corrected chi connectivity index (χ0v) is 13.8. The molecule has 0 aromatic heterocycles. The van der Waals surface area contributed by atoms with Gasteiger partial charge in [0.25, 0.3) is 0 Å². The van der Waals surface area contributed by atoms with Gasteiger partial charge in [-0.2, -0.15) is 0 Å². The van der Waals surface area contributed by atoms with Gasteiger partial charge >= 0.3 is 0 Å². The van der Waals surface area contributed by atoms with Gasteiger partial charge in [0.05, 0.1) is 26.2 Å². The Kier molecular flexibility index (Phi) is 4.07. The molecule has 1 aliphatic carbocycles. The van der Waals surface area contributed by atoms with Crippen molar-refractivity contribution in [3.63, 3.8) is 0 Å². The van der Waals surface area contributed by atoms with Crippen LogP contribution in [0.5, 0.6) is 0 Å². The predicted molar refractivity (Wildman–Crippen MR) is 65.7 cm³/mol. The third-order valence-electron chi connectivity index (χ3n) is 6.25. The first kappa shape index (κ1) is 14.7. The van der Waals surface area contributed by atoms with Crippen LogP contribution in [-0.2, 0) is 0 Å². The van der Waals surface area contributed by atoms with E-state index in [1.165, 1.54) is 43.5 Å². The van der Waals surface area contributed by atoms with Crippen molar-refractivity contribution in [3.8, 4) is 0 Å². The molecule has 0 spiro atoms. The maximum absolute atomic E-state index is 2.55. The van der Waals surface area contributed by atoms with E-state index < -0.39 is 0 Å². The largest absolute Gasteiger partial charge is 1.00 e. The van der Waals surface area contributed by atoms with Crippen LogP contribution in [0, 0.1) is 16.7 Å². The SMILES string of the molecule is CC[N+]1(CC)CC2CCC(C)(C1)C2(C)C.[I-]. The van der Waals surface area contributed by atoms with Crippen LogP contribution < -0.4 is 24.0 Å². The monoisotopic (exact) mass is 337 g/mol. The lowest BCUT2D eigenvalue weighted by atomic mass is 9.62. The van der Waals surface area contributed by atoms with Crippen molar-refractivity contribution in [1.82, 2.24) is 0 Å². The van der Waals surface area contributed by atoms with Crippen molar-refractivity contribution >= 4 is 0 Å². The number of rotatable bonds is 2. The molecule has 1 saturated heterocycles. The summed E-state index contributed by atoms with van der Waals surface area (Å²) in [6.07, 6.45) is 2.94. The van der Waals surface area contributed by atoms with Gasteiger partial charge in [0, 0.05) is 11.3 Å². The summed E-state index contributed by atoms with van der Waals surface area (Å²) < 4.78 is 1.38. The summed E-state index contributed by atoms with van der Waals surface area (Å²) in [4.78, 5) is 0. The molecule has 2 atom stereocenters. The van der Waals surface area contributed by atoms with Crippen LogP contribution in [0.2, 0.25) is 0 Å².